The van der Waals surface area contributed by atoms with Crippen LogP contribution in [0.5, 0.6) is 0 Å². The summed E-state index contributed by atoms with van der Waals surface area (Å²) >= 11 is 0. The number of furan rings is 1. The summed E-state index contributed by atoms with van der Waals surface area (Å²) in [6, 6.07) is 0.0511. The van der Waals surface area contributed by atoms with Gasteiger partial charge in [0, 0.05) is 18.2 Å². The van der Waals surface area contributed by atoms with Crippen molar-refractivity contribution < 1.29 is 12.8 Å². The molecule has 5 nitrogen and oxygen atoms in total. The van der Waals surface area contributed by atoms with Crippen molar-refractivity contribution in [3.63, 3.8) is 0 Å². The van der Waals surface area contributed by atoms with Crippen molar-refractivity contribution in [3.8, 4) is 0 Å². The van der Waals surface area contributed by atoms with Crippen LogP contribution < -0.4 is 10.5 Å². The summed E-state index contributed by atoms with van der Waals surface area (Å²) in [5.41, 5.74) is 6.20. The molecular weight excluding hydrogens is 252 g/mol. The highest BCUT2D eigenvalue weighted by Gasteiger charge is 2.29. The number of rotatable bonds is 4. The van der Waals surface area contributed by atoms with Gasteiger partial charge >= 0.3 is 0 Å². The number of hydrogen-bond donors (Lipinski definition) is 2. The molecule has 0 unspecified atom stereocenters. The monoisotopic (exact) mass is 272 g/mol. The molecule has 0 amide bonds. The second-order valence-electron chi connectivity index (χ2n) is 4.83. The normalized spacial score (nSPS) is 17.5. The molecule has 1 aliphatic rings. The Kier molecular flexibility index (Phi) is 3.79. The first-order valence-electron chi connectivity index (χ1n) is 6.27. The number of nitrogens with two attached hydrogens (primary N) is 1. The second-order valence-corrected chi connectivity index (χ2v) is 6.48. The third kappa shape index (κ3) is 2.46. The molecule has 18 heavy (non-hydrogen) atoms. The van der Waals surface area contributed by atoms with Crippen molar-refractivity contribution in [3.05, 3.63) is 17.1 Å². The van der Waals surface area contributed by atoms with Crippen LogP contribution in [0.3, 0.4) is 0 Å². The summed E-state index contributed by atoms with van der Waals surface area (Å²) in [6.45, 7) is 3.57. The molecule has 0 aromatic carbocycles. The lowest BCUT2D eigenvalue weighted by Crippen LogP contribution is -2.33. The van der Waals surface area contributed by atoms with Gasteiger partial charge in [-0.15, -0.1) is 0 Å². The molecule has 0 aliphatic heterocycles. The first-order chi connectivity index (χ1) is 8.45. The Labute approximate surface area is 108 Å². The van der Waals surface area contributed by atoms with Crippen molar-refractivity contribution in [2.75, 3.05) is 0 Å². The van der Waals surface area contributed by atoms with Crippen LogP contribution in [0.2, 0.25) is 0 Å². The molecule has 0 radical (unpaired) electrons. The summed E-state index contributed by atoms with van der Waals surface area (Å²) in [4.78, 5) is 0.231. The SMILES string of the molecule is Cc1oc(C)c(S(=O)(=O)NC2CCCC2)c1CN. The Morgan fingerprint density at radius 2 is 1.89 bits per heavy atom. The first kappa shape index (κ1) is 13.6. The molecule has 0 spiro atoms. The summed E-state index contributed by atoms with van der Waals surface area (Å²) in [5.74, 6) is 1.00. The zero-order valence-corrected chi connectivity index (χ0v) is 11.6. The maximum atomic E-state index is 12.4. The van der Waals surface area contributed by atoms with Gasteiger partial charge in [0.2, 0.25) is 10.0 Å². The van der Waals surface area contributed by atoms with E-state index in [9.17, 15) is 8.42 Å². The van der Waals surface area contributed by atoms with E-state index in [1.165, 1.54) is 0 Å². The lowest BCUT2D eigenvalue weighted by molar-refractivity contribution is 0.493. The van der Waals surface area contributed by atoms with Gasteiger partial charge in [0.25, 0.3) is 0 Å². The highest BCUT2D eigenvalue weighted by molar-refractivity contribution is 7.89. The molecule has 2 rings (SSSR count). The van der Waals surface area contributed by atoms with Crippen molar-refractivity contribution in [1.82, 2.24) is 4.72 Å². The predicted octanol–water partition coefficient (Wildman–Crippen LogP) is 1.58. The van der Waals surface area contributed by atoms with Gasteiger partial charge in [-0.05, 0) is 26.7 Å². The van der Waals surface area contributed by atoms with E-state index in [0.717, 1.165) is 25.7 Å². The first-order valence-corrected chi connectivity index (χ1v) is 7.75. The molecule has 1 aromatic heterocycles. The van der Waals surface area contributed by atoms with Crippen molar-refractivity contribution in [2.45, 2.75) is 57.0 Å². The van der Waals surface area contributed by atoms with E-state index < -0.39 is 10.0 Å². The Morgan fingerprint density at radius 3 is 2.44 bits per heavy atom. The molecule has 0 atom stereocenters. The largest absolute Gasteiger partial charge is 0.465 e. The Balaban J connectivity index is 2.34. The van der Waals surface area contributed by atoms with Crippen LogP contribution in [-0.4, -0.2) is 14.5 Å². The predicted molar refractivity (Wildman–Crippen MR) is 68.7 cm³/mol. The van der Waals surface area contributed by atoms with E-state index in [0.29, 0.717) is 17.1 Å². The van der Waals surface area contributed by atoms with E-state index in [1.807, 2.05) is 0 Å². The summed E-state index contributed by atoms with van der Waals surface area (Å²) < 4.78 is 32.9. The third-order valence-corrected chi connectivity index (χ3v) is 5.19. The number of hydrogen-bond acceptors (Lipinski definition) is 4. The maximum absolute atomic E-state index is 12.4. The summed E-state index contributed by atoms with van der Waals surface area (Å²) in [6.07, 6.45) is 3.99. The highest BCUT2D eigenvalue weighted by atomic mass is 32.2. The van der Waals surface area contributed by atoms with Gasteiger partial charge in [-0.2, -0.15) is 0 Å². The fourth-order valence-corrected chi connectivity index (χ4v) is 4.38. The fraction of sp³-hybridized carbons (Fsp3) is 0.667. The standard InChI is InChI=1S/C12H20N2O3S/c1-8-11(7-13)12(9(2)17-8)18(15,16)14-10-5-3-4-6-10/h10,14H,3-7,13H2,1-2H3. The van der Waals surface area contributed by atoms with Crippen LogP contribution in [0.4, 0.5) is 0 Å². The number of sulfonamides is 1. The minimum atomic E-state index is -3.52. The fourth-order valence-electron chi connectivity index (χ4n) is 2.62. The van der Waals surface area contributed by atoms with Crippen LogP contribution in [0, 0.1) is 13.8 Å². The minimum Gasteiger partial charge on any atom is -0.465 e. The zero-order chi connectivity index (χ0) is 13.3. The lowest BCUT2D eigenvalue weighted by atomic mass is 10.2. The van der Waals surface area contributed by atoms with E-state index in [4.69, 9.17) is 10.2 Å². The number of aryl methyl sites for hydroxylation is 2. The molecule has 0 bridgehead atoms. The summed E-state index contributed by atoms with van der Waals surface area (Å²) in [7, 11) is -3.52. The Hall–Kier alpha value is -0.850. The van der Waals surface area contributed by atoms with Gasteiger partial charge in [0.05, 0.1) is 0 Å². The van der Waals surface area contributed by atoms with Gasteiger partial charge in [-0.3, -0.25) is 0 Å². The van der Waals surface area contributed by atoms with Crippen molar-refractivity contribution in [1.29, 1.82) is 0 Å². The molecule has 0 saturated heterocycles. The van der Waals surface area contributed by atoms with Crippen LogP contribution in [-0.2, 0) is 16.6 Å². The van der Waals surface area contributed by atoms with Gasteiger partial charge in [-0.25, -0.2) is 13.1 Å². The van der Waals surface area contributed by atoms with E-state index in [1.54, 1.807) is 13.8 Å². The molecule has 1 heterocycles. The quantitative estimate of drug-likeness (QED) is 0.871. The lowest BCUT2D eigenvalue weighted by Gasteiger charge is -2.13. The van der Waals surface area contributed by atoms with Crippen LogP contribution >= 0.6 is 0 Å². The van der Waals surface area contributed by atoms with Gasteiger partial charge in [-0.1, -0.05) is 12.8 Å². The Morgan fingerprint density at radius 1 is 1.28 bits per heavy atom. The van der Waals surface area contributed by atoms with Gasteiger partial charge in [0.1, 0.15) is 16.4 Å². The third-order valence-electron chi connectivity index (χ3n) is 3.47. The Bertz CT molecular complexity index is 528. The zero-order valence-electron chi connectivity index (χ0n) is 10.8. The van der Waals surface area contributed by atoms with Crippen molar-refractivity contribution >= 4 is 10.0 Å². The molecule has 1 saturated carbocycles. The topological polar surface area (TPSA) is 85.3 Å². The molecule has 3 N–H and O–H groups in total. The summed E-state index contributed by atoms with van der Waals surface area (Å²) in [5, 5.41) is 0. The van der Waals surface area contributed by atoms with Crippen LogP contribution in [0.15, 0.2) is 9.31 Å². The maximum Gasteiger partial charge on any atom is 0.244 e. The average Bonchev–Trinajstić information content (AvgIpc) is 2.85. The van der Waals surface area contributed by atoms with Gasteiger partial charge < -0.3 is 10.2 Å². The molecular formula is C12H20N2O3S. The minimum absolute atomic E-state index is 0.0511. The van der Waals surface area contributed by atoms with Crippen molar-refractivity contribution in [2.24, 2.45) is 5.73 Å². The molecule has 102 valence electrons. The number of nitrogens with one attached hydrogen (secondary N) is 1. The van der Waals surface area contributed by atoms with Crippen LogP contribution in [0.25, 0.3) is 0 Å². The molecule has 1 aliphatic carbocycles. The molecule has 1 aromatic rings. The highest BCUT2D eigenvalue weighted by Crippen LogP contribution is 2.27. The van der Waals surface area contributed by atoms with Crippen LogP contribution in [0.1, 0.15) is 42.8 Å². The molecule has 6 heteroatoms. The van der Waals surface area contributed by atoms with E-state index in [2.05, 4.69) is 4.72 Å². The smallest absolute Gasteiger partial charge is 0.244 e. The van der Waals surface area contributed by atoms with E-state index >= 15 is 0 Å². The second kappa shape index (κ2) is 5.03. The average molecular weight is 272 g/mol. The van der Waals surface area contributed by atoms with Gasteiger partial charge in [0.15, 0.2) is 0 Å². The molecule has 1 fully saturated rings. The van der Waals surface area contributed by atoms with E-state index in [-0.39, 0.29) is 17.5 Å².